The summed E-state index contributed by atoms with van der Waals surface area (Å²) in [6, 6.07) is 21.9. The van der Waals surface area contributed by atoms with Crippen molar-refractivity contribution < 1.29 is 23.5 Å². The van der Waals surface area contributed by atoms with E-state index < -0.39 is 11.6 Å². The summed E-state index contributed by atoms with van der Waals surface area (Å²) in [4.78, 5) is 39.4. The Hall–Kier alpha value is -4.39. The number of ether oxygens (including phenoxy) is 2. The smallest absolute Gasteiger partial charge is 0.339 e. The average Bonchev–Trinajstić information content (AvgIpc) is 2.86. The molecule has 0 N–H and O–H groups in total. The monoisotopic (exact) mass is 443 g/mol. The highest BCUT2D eigenvalue weighted by atomic mass is 16.5. The first-order valence-corrected chi connectivity index (χ1v) is 10.2. The van der Waals surface area contributed by atoms with Gasteiger partial charge in [0.15, 0.2) is 0 Å². The molecule has 3 aromatic carbocycles. The van der Waals surface area contributed by atoms with Crippen molar-refractivity contribution in [3.05, 3.63) is 106 Å². The number of esters is 1. The molecular weight excluding hydrogens is 422 g/mol. The molecule has 166 valence electrons. The van der Waals surface area contributed by atoms with E-state index in [0.29, 0.717) is 28.0 Å². The van der Waals surface area contributed by atoms with Gasteiger partial charge < -0.3 is 18.8 Å². The molecule has 4 aromatic rings. The number of rotatable bonds is 6. The SMILES string of the molecule is COc1ccc2c(COC(=O)c3ccccc3C(=O)N(C)c3ccccc3)cc(=O)oc2c1. The van der Waals surface area contributed by atoms with E-state index in [4.69, 9.17) is 13.9 Å². The van der Waals surface area contributed by atoms with Crippen LogP contribution >= 0.6 is 0 Å². The van der Waals surface area contributed by atoms with Gasteiger partial charge in [-0.3, -0.25) is 4.79 Å². The molecule has 1 amide bonds. The summed E-state index contributed by atoms with van der Waals surface area (Å²) in [6.45, 7) is -0.162. The quantitative estimate of drug-likeness (QED) is 0.324. The molecule has 0 saturated heterocycles. The van der Waals surface area contributed by atoms with Crippen LogP contribution in [-0.4, -0.2) is 26.0 Å². The van der Waals surface area contributed by atoms with Crippen LogP contribution < -0.4 is 15.3 Å². The van der Waals surface area contributed by atoms with Gasteiger partial charge in [0.2, 0.25) is 0 Å². The lowest BCUT2D eigenvalue weighted by molar-refractivity contribution is 0.0471. The second-order valence-electron chi connectivity index (χ2n) is 7.27. The first-order chi connectivity index (χ1) is 16.0. The van der Waals surface area contributed by atoms with Gasteiger partial charge in [-0.15, -0.1) is 0 Å². The number of benzene rings is 3. The highest BCUT2D eigenvalue weighted by molar-refractivity contribution is 6.12. The van der Waals surface area contributed by atoms with Crippen molar-refractivity contribution in [1.82, 2.24) is 0 Å². The Morgan fingerprint density at radius 3 is 2.33 bits per heavy atom. The number of carbonyl (C=O) groups excluding carboxylic acids is 2. The second-order valence-corrected chi connectivity index (χ2v) is 7.27. The van der Waals surface area contributed by atoms with Crippen LogP contribution in [0.15, 0.2) is 88.1 Å². The maximum absolute atomic E-state index is 13.1. The van der Waals surface area contributed by atoms with E-state index in [2.05, 4.69) is 0 Å². The molecule has 0 aliphatic rings. The van der Waals surface area contributed by atoms with Crippen molar-refractivity contribution in [1.29, 1.82) is 0 Å². The van der Waals surface area contributed by atoms with E-state index in [1.807, 2.05) is 18.2 Å². The Kier molecular flexibility index (Phi) is 6.22. The molecule has 1 heterocycles. The number of hydrogen-bond donors (Lipinski definition) is 0. The number of amides is 1. The van der Waals surface area contributed by atoms with E-state index in [9.17, 15) is 14.4 Å². The summed E-state index contributed by atoms with van der Waals surface area (Å²) in [5.41, 5.74) is 1.30. The predicted molar refractivity (Wildman–Crippen MR) is 124 cm³/mol. The van der Waals surface area contributed by atoms with Gasteiger partial charge in [-0.2, -0.15) is 0 Å². The highest BCUT2D eigenvalue weighted by Crippen LogP contribution is 2.24. The lowest BCUT2D eigenvalue weighted by Crippen LogP contribution is -2.28. The van der Waals surface area contributed by atoms with Crippen molar-refractivity contribution in [3.8, 4) is 5.75 Å². The molecule has 0 bridgehead atoms. The molecule has 0 unspecified atom stereocenters. The molecule has 33 heavy (non-hydrogen) atoms. The van der Waals surface area contributed by atoms with Gasteiger partial charge in [-0.05, 0) is 36.4 Å². The van der Waals surface area contributed by atoms with E-state index in [1.54, 1.807) is 55.6 Å². The van der Waals surface area contributed by atoms with Gasteiger partial charge in [-0.1, -0.05) is 30.3 Å². The Morgan fingerprint density at radius 1 is 0.909 bits per heavy atom. The van der Waals surface area contributed by atoms with Gasteiger partial charge in [0.25, 0.3) is 5.91 Å². The Balaban J connectivity index is 1.58. The molecule has 0 saturated carbocycles. The molecule has 0 aliphatic heterocycles. The average molecular weight is 443 g/mol. The van der Waals surface area contributed by atoms with E-state index >= 15 is 0 Å². The second kappa shape index (κ2) is 9.40. The molecule has 7 nitrogen and oxygen atoms in total. The molecule has 0 fully saturated rings. The zero-order valence-corrected chi connectivity index (χ0v) is 18.1. The Labute approximate surface area is 189 Å². The van der Waals surface area contributed by atoms with Crippen molar-refractivity contribution in [2.45, 2.75) is 6.61 Å². The highest BCUT2D eigenvalue weighted by Gasteiger charge is 2.22. The number of fused-ring (bicyclic) bond motifs is 1. The number of nitrogens with zero attached hydrogens (tertiary/aromatic N) is 1. The molecule has 0 radical (unpaired) electrons. The third-order valence-corrected chi connectivity index (χ3v) is 5.22. The lowest BCUT2D eigenvalue weighted by Gasteiger charge is -2.19. The standard InChI is InChI=1S/C26H21NO6/c1-27(18-8-4-3-5-9-18)25(29)21-10-6-7-11-22(21)26(30)32-16-17-14-24(28)33-23-15-19(31-2)12-13-20(17)23/h3-15H,16H2,1-2H3. The number of carbonyl (C=O) groups is 2. The zero-order valence-electron chi connectivity index (χ0n) is 18.1. The number of hydrogen-bond acceptors (Lipinski definition) is 6. The third-order valence-electron chi connectivity index (χ3n) is 5.22. The minimum absolute atomic E-state index is 0.138. The van der Waals surface area contributed by atoms with Gasteiger partial charge in [-0.25, -0.2) is 9.59 Å². The van der Waals surface area contributed by atoms with Crippen LogP contribution in [0.25, 0.3) is 11.0 Å². The summed E-state index contributed by atoms with van der Waals surface area (Å²) in [7, 11) is 3.16. The maximum Gasteiger partial charge on any atom is 0.339 e. The minimum Gasteiger partial charge on any atom is -0.497 e. The molecule has 0 aliphatic carbocycles. The van der Waals surface area contributed by atoms with Gasteiger partial charge in [0.1, 0.15) is 17.9 Å². The van der Waals surface area contributed by atoms with Crippen LogP contribution in [0.4, 0.5) is 5.69 Å². The van der Waals surface area contributed by atoms with Crippen molar-refractivity contribution in [2.75, 3.05) is 19.1 Å². The van der Waals surface area contributed by atoms with Crippen molar-refractivity contribution >= 4 is 28.5 Å². The summed E-state index contributed by atoms with van der Waals surface area (Å²) < 4.78 is 15.9. The first-order valence-electron chi connectivity index (χ1n) is 10.2. The van der Waals surface area contributed by atoms with Crippen molar-refractivity contribution in [3.63, 3.8) is 0 Å². The fourth-order valence-electron chi connectivity index (χ4n) is 3.47. The van der Waals surface area contributed by atoms with Gasteiger partial charge in [0.05, 0.1) is 18.2 Å². The van der Waals surface area contributed by atoms with E-state index in [1.165, 1.54) is 24.1 Å². The van der Waals surface area contributed by atoms with Gasteiger partial charge >= 0.3 is 11.6 Å². The fraction of sp³-hybridized carbons (Fsp3) is 0.115. The zero-order chi connectivity index (χ0) is 23.4. The fourth-order valence-corrected chi connectivity index (χ4v) is 3.47. The van der Waals surface area contributed by atoms with Crippen LogP contribution in [0.3, 0.4) is 0 Å². The predicted octanol–water partition coefficient (Wildman–Crippen LogP) is 4.44. The van der Waals surface area contributed by atoms with E-state index in [-0.39, 0.29) is 23.6 Å². The van der Waals surface area contributed by atoms with Gasteiger partial charge in [0, 0.05) is 35.8 Å². The summed E-state index contributed by atoms with van der Waals surface area (Å²) in [5.74, 6) is -0.475. The molecular formula is C26H21NO6. The molecule has 0 atom stereocenters. The number of methoxy groups -OCH3 is 1. The third kappa shape index (κ3) is 4.62. The van der Waals surface area contributed by atoms with E-state index in [0.717, 1.165) is 0 Å². The van der Waals surface area contributed by atoms with Crippen LogP contribution in [0.5, 0.6) is 5.75 Å². The minimum atomic E-state index is -0.671. The Bertz CT molecular complexity index is 1380. The Morgan fingerprint density at radius 2 is 1.61 bits per heavy atom. The molecule has 1 aromatic heterocycles. The van der Waals surface area contributed by atoms with Crippen molar-refractivity contribution in [2.24, 2.45) is 0 Å². The molecule has 4 rings (SSSR count). The first kappa shape index (κ1) is 21.8. The number of anilines is 1. The maximum atomic E-state index is 13.1. The summed E-state index contributed by atoms with van der Waals surface area (Å²) in [5, 5.41) is 0.622. The van der Waals surface area contributed by atoms with Crippen LogP contribution in [-0.2, 0) is 11.3 Å². The van der Waals surface area contributed by atoms with Crippen LogP contribution in [0.2, 0.25) is 0 Å². The largest absolute Gasteiger partial charge is 0.497 e. The normalized spacial score (nSPS) is 10.6. The molecule has 7 heteroatoms. The molecule has 0 spiro atoms. The summed E-state index contributed by atoms with van der Waals surface area (Å²) >= 11 is 0. The lowest BCUT2D eigenvalue weighted by atomic mass is 10.1. The van der Waals surface area contributed by atoms with Crippen LogP contribution in [0, 0.1) is 0 Å². The topological polar surface area (TPSA) is 86.0 Å². The van der Waals surface area contributed by atoms with Crippen LogP contribution in [0.1, 0.15) is 26.3 Å². The number of para-hydroxylation sites is 1. The summed E-state index contributed by atoms with van der Waals surface area (Å²) in [6.07, 6.45) is 0.